The predicted octanol–water partition coefficient (Wildman–Crippen LogP) is 4.98. The van der Waals surface area contributed by atoms with E-state index in [9.17, 15) is 0 Å². The second kappa shape index (κ2) is 7.66. The number of fused-ring (bicyclic) bond motifs is 2. The summed E-state index contributed by atoms with van der Waals surface area (Å²) in [5, 5.41) is 9.23. The minimum absolute atomic E-state index is 0.338. The molecule has 1 atom stereocenters. The number of para-hydroxylation sites is 2. The van der Waals surface area contributed by atoms with Crippen molar-refractivity contribution >= 4 is 33.6 Å². The molecule has 0 aliphatic rings. The molecule has 4 aromatic rings. The van der Waals surface area contributed by atoms with Crippen molar-refractivity contribution in [3.05, 3.63) is 60.3 Å². The van der Waals surface area contributed by atoms with Crippen LogP contribution in [-0.2, 0) is 6.42 Å². The number of hydrogen-bond acceptors (Lipinski definition) is 4. The highest BCUT2D eigenvalue weighted by molar-refractivity contribution is 5.90. The van der Waals surface area contributed by atoms with Gasteiger partial charge in [0.1, 0.15) is 5.82 Å². The van der Waals surface area contributed by atoms with Crippen molar-refractivity contribution in [2.24, 2.45) is 0 Å². The summed E-state index contributed by atoms with van der Waals surface area (Å²) < 4.78 is 0. The van der Waals surface area contributed by atoms with Gasteiger partial charge in [-0.3, -0.25) is 0 Å². The molecule has 4 rings (SSSR count). The molecule has 1 unspecified atom stereocenters. The minimum atomic E-state index is 0.338. The lowest BCUT2D eigenvalue weighted by atomic mass is 10.1. The van der Waals surface area contributed by atoms with Gasteiger partial charge in [-0.25, -0.2) is 4.98 Å². The van der Waals surface area contributed by atoms with Crippen LogP contribution in [0.2, 0.25) is 0 Å². The number of benzene rings is 2. The maximum absolute atomic E-state index is 4.73. The maximum Gasteiger partial charge on any atom is 0.225 e. The average Bonchev–Trinajstić information content (AvgIpc) is 3.11. The molecule has 27 heavy (non-hydrogen) atoms. The van der Waals surface area contributed by atoms with E-state index in [-0.39, 0.29) is 0 Å². The van der Waals surface area contributed by atoms with Gasteiger partial charge in [0.15, 0.2) is 0 Å². The average molecular weight is 359 g/mol. The van der Waals surface area contributed by atoms with Gasteiger partial charge in [0.25, 0.3) is 0 Å². The Morgan fingerprint density at radius 1 is 1.00 bits per heavy atom. The van der Waals surface area contributed by atoms with Crippen LogP contribution in [0.15, 0.2) is 54.7 Å². The van der Waals surface area contributed by atoms with E-state index in [1.54, 1.807) is 0 Å². The fourth-order valence-electron chi connectivity index (χ4n) is 3.25. The molecule has 0 fully saturated rings. The predicted molar refractivity (Wildman–Crippen MR) is 113 cm³/mol. The first kappa shape index (κ1) is 17.3. The van der Waals surface area contributed by atoms with E-state index in [1.807, 2.05) is 18.2 Å². The number of hydrogen-bond donors (Lipinski definition) is 3. The van der Waals surface area contributed by atoms with Crippen LogP contribution in [0.25, 0.3) is 21.8 Å². The Kier molecular flexibility index (Phi) is 4.92. The number of nitrogens with one attached hydrogen (secondary N) is 3. The lowest BCUT2D eigenvalue weighted by Gasteiger charge is -2.14. The van der Waals surface area contributed by atoms with Crippen molar-refractivity contribution in [3.63, 3.8) is 0 Å². The van der Waals surface area contributed by atoms with E-state index in [2.05, 4.69) is 71.0 Å². The second-order valence-electron chi connectivity index (χ2n) is 6.90. The monoisotopic (exact) mass is 359 g/mol. The van der Waals surface area contributed by atoms with Crippen LogP contribution in [0.1, 0.15) is 25.8 Å². The smallest absolute Gasteiger partial charge is 0.225 e. The minimum Gasteiger partial charge on any atom is -0.369 e. The molecule has 0 bridgehead atoms. The van der Waals surface area contributed by atoms with Crippen LogP contribution in [0.3, 0.4) is 0 Å². The van der Waals surface area contributed by atoms with Crippen molar-refractivity contribution in [3.8, 4) is 0 Å². The van der Waals surface area contributed by atoms with Crippen molar-refractivity contribution in [2.75, 3.05) is 17.2 Å². The van der Waals surface area contributed by atoms with Gasteiger partial charge in [-0.15, -0.1) is 0 Å². The molecule has 3 N–H and O–H groups in total. The second-order valence-corrected chi connectivity index (χ2v) is 6.90. The first-order valence-corrected chi connectivity index (χ1v) is 9.56. The summed E-state index contributed by atoms with van der Waals surface area (Å²) in [4.78, 5) is 12.7. The summed E-state index contributed by atoms with van der Waals surface area (Å²) in [6.45, 7) is 5.10. The molecule has 0 saturated heterocycles. The molecule has 2 aromatic carbocycles. The van der Waals surface area contributed by atoms with Gasteiger partial charge in [0.2, 0.25) is 5.95 Å². The van der Waals surface area contributed by atoms with Gasteiger partial charge in [-0.2, -0.15) is 4.98 Å². The fourth-order valence-corrected chi connectivity index (χ4v) is 3.25. The van der Waals surface area contributed by atoms with Crippen LogP contribution < -0.4 is 10.6 Å². The van der Waals surface area contributed by atoms with Gasteiger partial charge >= 0.3 is 0 Å². The van der Waals surface area contributed by atoms with Crippen LogP contribution >= 0.6 is 0 Å². The van der Waals surface area contributed by atoms with Crippen LogP contribution in [-0.4, -0.2) is 27.5 Å². The Morgan fingerprint density at radius 3 is 2.63 bits per heavy atom. The molecule has 0 aliphatic carbocycles. The molecule has 0 saturated carbocycles. The topological polar surface area (TPSA) is 65.6 Å². The third-order valence-corrected chi connectivity index (χ3v) is 4.95. The van der Waals surface area contributed by atoms with E-state index in [1.165, 1.54) is 16.5 Å². The van der Waals surface area contributed by atoms with Crippen LogP contribution in [0, 0.1) is 0 Å². The van der Waals surface area contributed by atoms with Gasteiger partial charge < -0.3 is 15.6 Å². The van der Waals surface area contributed by atoms with E-state index in [0.29, 0.717) is 12.0 Å². The zero-order valence-corrected chi connectivity index (χ0v) is 15.8. The van der Waals surface area contributed by atoms with Crippen LogP contribution in [0.5, 0.6) is 0 Å². The molecular formula is C22H25N5. The molecule has 2 aromatic heterocycles. The normalized spacial score (nSPS) is 12.4. The molecule has 0 radical (unpaired) electrons. The van der Waals surface area contributed by atoms with E-state index >= 15 is 0 Å². The summed E-state index contributed by atoms with van der Waals surface area (Å²) in [6, 6.07) is 16.9. The molecule has 138 valence electrons. The standard InChI is InChI=1S/C22H25N5/c1-3-15(2)25-22-26-20-11-7-5-9-18(20)21(27-22)23-13-12-16-14-24-19-10-6-4-8-17(16)19/h4-11,14-15,24H,3,12-13H2,1-2H3,(H2,23,25,26,27). The van der Waals surface area contributed by atoms with E-state index in [0.717, 1.165) is 36.1 Å². The van der Waals surface area contributed by atoms with E-state index < -0.39 is 0 Å². The van der Waals surface area contributed by atoms with Gasteiger partial charge in [0.05, 0.1) is 5.52 Å². The highest BCUT2D eigenvalue weighted by atomic mass is 15.2. The number of nitrogens with zero attached hydrogens (tertiary/aromatic N) is 2. The lowest BCUT2D eigenvalue weighted by molar-refractivity contribution is 0.754. The molecule has 0 spiro atoms. The summed E-state index contributed by atoms with van der Waals surface area (Å²) in [7, 11) is 0. The first-order valence-electron chi connectivity index (χ1n) is 9.56. The third-order valence-electron chi connectivity index (χ3n) is 4.95. The van der Waals surface area contributed by atoms with Gasteiger partial charge in [-0.1, -0.05) is 37.3 Å². The number of aromatic nitrogens is 3. The Bertz CT molecular complexity index is 1050. The highest BCUT2D eigenvalue weighted by Crippen LogP contribution is 2.23. The molecule has 5 heteroatoms. The Labute approximate surface area is 159 Å². The SMILES string of the molecule is CCC(C)Nc1nc(NCCc2c[nH]c3ccccc23)c2ccccc2n1. The first-order chi connectivity index (χ1) is 13.2. The van der Waals surface area contributed by atoms with Crippen molar-refractivity contribution < 1.29 is 0 Å². The third kappa shape index (κ3) is 3.72. The van der Waals surface area contributed by atoms with Crippen molar-refractivity contribution in [1.29, 1.82) is 0 Å². The van der Waals surface area contributed by atoms with Gasteiger partial charge in [-0.05, 0) is 43.5 Å². The van der Waals surface area contributed by atoms with E-state index in [4.69, 9.17) is 4.98 Å². The van der Waals surface area contributed by atoms with Crippen LogP contribution in [0.4, 0.5) is 11.8 Å². The molecule has 2 heterocycles. The van der Waals surface area contributed by atoms with Crippen molar-refractivity contribution in [2.45, 2.75) is 32.7 Å². The zero-order valence-electron chi connectivity index (χ0n) is 15.8. The summed E-state index contributed by atoms with van der Waals surface area (Å²) in [5.74, 6) is 1.56. The quantitative estimate of drug-likeness (QED) is 0.435. The number of rotatable bonds is 7. The fraction of sp³-hybridized carbons (Fsp3) is 0.273. The molecular weight excluding hydrogens is 334 g/mol. The summed E-state index contributed by atoms with van der Waals surface area (Å²) in [5.41, 5.74) is 3.45. The number of aromatic amines is 1. The van der Waals surface area contributed by atoms with Crippen molar-refractivity contribution in [1.82, 2.24) is 15.0 Å². The Morgan fingerprint density at radius 2 is 1.78 bits per heavy atom. The largest absolute Gasteiger partial charge is 0.369 e. The Hall–Kier alpha value is -3.08. The molecule has 0 amide bonds. The summed E-state index contributed by atoms with van der Waals surface area (Å²) in [6.07, 6.45) is 4.05. The molecule has 0 aliphatic heterocycles. The molecule has 5 nitrogen and oxygen atoms in total. The summed E-state index contributed by atoms with van der Waals surface area (Å²) >= 11 is 0. The highest BCUT2D eigenvalue weighted by Gasteiger charge is 2.09. The zero-order chi connectivity index (χ0) is 18.6. The number of anilines is 2. The maximum atomic E-state index is 4.73. The Balaban J connectivity index is 1.55. The lowest BCUT2D eigenvalue weighted by Crippen LogP contribution is -2.17. The number of H-pyrrole nitrogens is 1. The van der Waals surface area contributed by atoms with Gasteiger partial charge in [0, 0.05) is 35.1 Å².